The molecule has 6 nitrogen and oxygen atoms in total. The minimum absolute atomic E-state index is 0.211. The van der Waals surface area contributed by atoms with E-state index in [0.717, 1.165) is 28.9 Å². The number of carbonyl (C=O) groups excluding carboxylic acids is 1. The molecule has 1 aromatic carbocycles. The molecular formula is C14H8ClNO5S. The minimum Gasteiger partial charge on any atom is -0.507 e. The third kappa shape index (κ3) is 2.06. The van der Waals surface area contributed by atoms with Gasteiger partial charge in [0.1, 0.15) is 16.8 Å². The highest BCUT2D eigenvalue weighted by atomic mass is 35.5. The van der Waals surface area contributed by atoms with Gasteiger partial charge in [-0.1, -0.05) is 22.9 Å². The Kier molecular flexibility index (Phi) is 3.38. The molecule has 0 aliphatic rings. The van der Waals surface area contributed by atoms with Gasteiger partial charge < -0.3 is 9.84 Å². The molecule has 2 heterocycles. The number of halogens is 1. The lowest BCUT2D eigenvalue weighted by Crippen LogP contribution is -2.21. The van der Waals surface area contributed by atoms with Gasteiger partial charge in [0.25, 0.3) is 10.3 Å². The smallest absolute Gasteiger partial charge is 0.343 e. The van der Waals surface area contributed by atoms with Gasteiger partial charge in [-0.3, -0.25) is 14.0 Å². The van der Waals surface area contributed by atoms with Crippen molar-refractivity contribution in [2.24, 2.45) is 0 Å². The molecule has 0 saturated heterocycles. The SMILES string of the molecule is COC(=O)c1c(O)cc(=O)n2c1c(=O)sc1cc(Cl)ccc12. The fourth-order valence-corrected chi connectivity index (χ4v) is 3.41. The van der Waals surface area contributed by atoms with Crippen molar-refractivity contribution in [3.05, 3.63) is 54.7 Å². The van der Waals surface area contributed by atoms with E-state index in [1.54, 1.807) is 18.2 Å². The van der Waals surface area contributed by atoms with E-state index in [2.05, 4.69) is 4.74 Å². The number of carbonyl (C=O) groups is 1. The third-order valence-corrected chi connectivity index (χ3v) is 4.31. The van der Waals surface area contributed by atoms with Gasteiger partial charge >= 0.3 is 5.97 Å². The molecule has 0 amide bonds. The van der Waals surface area contributed by atoms with Crippen LogP contribution < -0.4 is 10.3 Å². The number of fused-ring (bicyclic) bond motifs is 3. The van der Waals surface area contributed by atoms with E-state index in [1.807, 2.05) is 0 Å². The maximum Gasteiger partial charge on any atom is 0.343 e. The number of nitrogens with zero attached hydrogens (tertiary/aromatic N) is 1. The number of aromatic nitrogens is 1. The second kappa shape index (κ2) is 5.11. The zero-order valence-electron chi connectivity index (χ0n) is 11.1. The highest BCUT2D eigenvalue weighted by Gasteiger charge is 2.22. The molecule has 0 fully saturated rings. The summed E-state index contributed by atoms with van der Waals surface area (Å²) in [6.07, 6.45) is 0. The first-order valence-corrected chi connectivity index (χ1v) is 7.23. The van der Waals surface area contributed by atoms with Gasteiger partial charge in [0.05, 0.1) is 17.3 Å². The second-order valence-electron chi connectivity index (χ2n) is 4.42. The van der Waals surface area contributed by atoms with Crippen LogP contribution in [0.3, 0.4) is 0 Å². The number of benzene rings is 1. The van der Waals surface area contributed by atoms with Crippen molar-refractivity contribution in [3.63, 3.8) is 0 Å². The Morgan fingerprint density at radius 1 is 1.32 bits per heavy atom. The Morgan fingerprint density at radius 2 is 2.05 bits per heavy atom. The van der Waals surface area contributed by atoms with Crippen LogP contribution >= 0.6 is 22.9 Å². The van der Waals surface area contributed by atoms with Crippen molar-refractivity contribution >= 4 is 44.6 Å². The van der Waals surface area contributed by atoms with Crippen LogP contribution in [0.15, 0.2) is 33.9 Å². The van der Waals surface area contributed by atoms with Gasteiger partial charge in [0.2, 0.25) is 0 Å². The molecule has 0 atom stereocenters. The van der Waals surface area contributed by atoms with Crippen LogP contribution in [0.2, 0.25) is 5.02 Å². The molecule has 3 rings (SSSR count). The lowest BCUT2D eigenvalue weighted by atomic mass is 10.2. The number of esters is 1. The number of methoxy groups -OCH3 is 1. The minimum atomic E-state index is -0.896. The van der Waals surface area contributed by atoms with Crippen LogP contribution in [0, 0.1) is 0 Å². The van der Waals surface area contributed by atoms with Gasteiger partial charge in [-0.2, -0.15) is 0 Å². The first-order chi connectivity index (χ1) is 10.4. The summed E-state index contributed by atoms with van der Waals surface area (Å²) >= 11 is 6.72. The predicted molar refractivity (Wildman–Crippen MR) is 83.3 cm³/mol. The van der Waals surface area contributed by atoms with Crippen LogP contribution in [-0.2, 0) is 4.74 Å². The summed E-state index contributed by atoms with van der Waals surface area (Å²) in [5.74, 6) is -1.48. The molecule has 0 radical (unpaired) electrons. The molecule has 0 saturated carbocycles. The highest BCUT2D eigenvalue weighted by molar-refractivity contribution is 7.16. The van der Waals surface area contributed by atoms with Gasteiger partial charge in [0.15, 0.2) is 0 Å². The molecule has 0 spiro atoms. The van der Waals surface area contributed by atoms with Crippen molar-refractivity contribution in [2.75, 3.05) is 7.11 Å². The monoisotopic (exact) mass is 337 g/mol. The first kappa shape index (κ1) is 14.6. The maximum atomic E-state index is 12.3. The van der Waals surface area contributed by atoms with E-state index in [1.165, 1.54) is 0 Å². The molecule has 8 heteroatoms. The molecule has 22 heavy (non-hydrogen) atoms. The average Bonchev–Trinajstić information content (AvgIpc) is 2.46. The molecule has 0 aliphatic heterocycles. The van der Waals surface area contributed by atoms with Crippen molar-refractivity contribution in [3.8, 4) is 5.75 Å². The van der Waals surface area contributed by atoms with E-state index in [0.29, 0.717) is 15.2 Å². The number of rotatable bonds is 1. The predicted octanol–water partition coefficient (Wildman–Crippen LogP) is 2.02. The summed E-state index contributed by atoms with van der Waals surface area (Å²) < 4.78 is 5.60. The number of aromatic hydroxyl groups is 1. The molecule has 0 bridgehead atoms. The van der Waals surface area contributed by atoms with Crippen molar-refractivity contribution in [2.45, 2.75) is 0 Å². The molecule has 0 unspecified atom stereocenters. The fraction of sp³-hybridized carbons (Fsp3) is 0.0714. The summed E-state index contributed by atoms with van der Waals surface area (Å²) in [6.45, 7) is 0. The number of hydrogen-bond donors (Lipinski definition) is 1. The van der Waals surface area contributed by atoms with E-state index in [-0.39, 0.29) is 11.1 Å². The lowest BCUT2D eigenvalue weighted by Gasteiger charge is -2.09. The molecule has 3 aromatic rings. The van der Waals surface area contributed by atoms with Gasteiger partial charge in [-0.15, -0.1) is 0 Å². The Hall–Kier alpha value is -2.38. The zero-order chi connectivity index (χ0) is 16.0. The van der Waals surface area contributed by atoms with Crippen LogP contribution in [0.1, 0.15) is 10.4 Å². The molecule has 1 N–H and O–H groups in total. The standard InChI is InChI=1S/C14H8ClNO5S/c1-21-13(19)11-8(17)5-10(18)16-7-3-2-6(15)4-9(7)22-14(20)12(11)16/h2-5,17H,1H3. The largest absolute Gasteiger partial charge is 0.507 e. The van der Waals surface area contributed by atoms with E-state index in [9.17, 15) is 19.5 Å². The normalized spacial score (nSPS) is 11.0. The Morgan fingerprint density at radius 3 is 2.73 bits per heavy atom. The Labute approximate surface area is 131 Å². The van der Waals surface area contributed by atoms with Crippen LogP contribution in [0.5, 0.6) is 5.75 Å². The van der Waals surface area contributed by atoms with Crippen molar-refractivity contribution in [1.29, 1.82) is 0 Å². The summed E-state index contributed by atoms with van der Waals surface area (Å²) in [7, 11) is 1.12. The molecular weight excluding hydrogens is 330 g/mol. The summed E-state index contributed by atoms with van der Waals surface area (Å²) in [5.41, 5.74) is -0.756. The lowest BCUT2D eigenvalue weighted by molar-refractivity contribution is 0.0599. The van der Waals surface area contributed by atoms with Crippen molar-refractivity contribution < 1.29 is 14.6 Å². The second-order valence-corrected chi connectivity index (χ2v) is 5.87. The van der Waals surface area contributed by atoms with E-state index in [4.69, 9.17) is 11.6 Å². The highest BCUT2D eigenvalue weighted by Crippen LogP contribution is 2.25. The maximum absolute atomic E-state index is 12.3. The Bertz CT molecular complexity index is 1050. The van der Waals surface area contributed by atoms with Crippen LogP contribution in [0.25, 0.3) is 15.7 Å². The summed E-state index contributed by atoms with van der Waals surface area (Å²) in [4.78, 5) is 36.4. The third-order valence-electron chi connectivity index (χ3n) is 3.15. The van der Waals surface area contributed by atoms with E-state index >= 15 is 0 Å². The van der Waals surface area contributed by atoms with Crippen LogP contribution in [-0.4, -0.2) is 22.6 Å². The average molecular weight is 338 g/mol. The van der Waals surface area contributed by atoms with Gasteiger partial charge in [-0.25, -0.2) is 4.79 Å². The summed E-state index contributed by atoms with van der Waals surface area (Å²) in [6, 6.07) is 5.56. The van der Waals surface area contributed by atoms with Crippen molar-refractivity contribution in [1.82, 2.24) is 4.40 Å². The molecule has 2 aromatic heterocycles. The van der Waals surface area contributed by atoms with Gasteiger partial charge in [0, 0.05) is 11.1 Å². The van der Waals surface area contributed by atoms with E-state index < -0.39 is 22.0 Å². The topological polar surface area (TPSA) is 85.1 Å². The number of ether oxygens (including phenoxy) is 1. The number of hydrogen-bond acceptors (Lipinski definition) is 6. The summed E-state index contributed by atoms with van der Waals surface area (Å²) in [5, 5.41) is 10.3. The fourth-order valence-electron chi connectivity index (χ4n) is 2.24. The van der Waals surface area contributed by atoms with Crippen LogP contribution in [0.4, 0.5) is 0 Å². The molecule has 112 valence electrons. The quantitative estimate of drug-likeness (QED) is 0.542. The molecule has 0 aliphatic carbocycles. The number of pyridine rings is 1. The van der Waals surface area contributed by atoms with Gasteiger partial charge in [-0.05, 0) is 18.2 Å². The zero-order valence-corrected chi connectivity index (χ0v) is 12.7. The Balaban J connectivity index is 2.67. The first-order valence-electron chi connectivity index (χ1n) is 6.03.